The lowest BCUT2D eigenvalue weighted by Crippen LogP contribution is -2.26. The number of nitrogens with zero attached hydrogens (tertiary/aromatic N) is 3. The second-order valence-corrected chi connectivity index (χ2v) is 7.59. The molecule has 0 atom stereocenters. The molecule has 1 amide bonds. The molecule has 9 nitrogen and oxygen atoms in total. The lowest BCUT2D eigenvalue weighted by molar-refractivity contribution is -0.118. The monoisotopic (exact) mass is 449 g/mol. The van der Waals surface area contributed by atoms with Crippen LogP contribution in [0.1, 0.15) is 24.1 Å². The predicted molar refractivity (Wildman–Crippen MR) is 117 cm³/mol. The highest BCUT2D eigenvalue weighted by Crippen LogP contribution is 2.25. The van der Waals surface area contributed by atoms with Gasteiger partial charge in [0.05, 0.1) is 12.0 Å². The number of fused-ring (bicyclic) bond motifs is 1. The van der Waals surface area contributed by atoms with Crippen molar-refractivity contribution in [2.75, 3.05) is 11.9 Å². The summed E-state index contributed by atoms with van der Waals surface area (Å²) in [6, 6.07) is 10.9. The Kier molecular flexibility index (Phi) is 5.47. The van der Waals surface area contributed by atoms with E-state index in [0.29, 0.717) is 29.9 Å². The fourth-order valence-electron chi connectivity index (χ4n) is 3.75. The number of ether oxygens (including phenoxy) is 1. The largest absolute Gasteiger partial charge is 0.481 e. The van der Waals surface area contributed by atoms with Gasteiger partial charge in [-0.2, -0.15) is 9.78 Å². The van der Waals surface area contributed by atoms with Crippen LogP contribution in [0.25, 0.3) is 17.4 Å². The fraction of sp³-hybridized carbons (Fsp3) is 0.217. The van der Waals surface area contributed by atoms with Crippen LogP contribution in [0.2, 0.25) is 0 Å². The molecule has 0 aliphatic heterocycles. The summed E-state index contributed by atoms with van der Waals surface area (Å²) in [5.41, 5.74) is 1.64. The normalized spacial score (nSPS) is 12.9. The van der Waals surface area contributed by atoms with Crippen LogP contribution in [0.5, 0.6) is 5.75 Å². The summed E-state index contributed by atoms with van der Waals surface area (Å²) < 4.78 is 25.8. The molecule has 0 unspecified atom stereocenters. The summed E-state index contributed by atoms with van der Waals surface area (Å²) in [5, 5.41) is 7.16. The summed E-state index contributed by atoms with van der Waals surface area (Å²) in [6.45, 7) is -0.420. The average Bonchev–Trinajstić information content (AvgIpc) is 3.49. The van der Waals surface area contributed by atoms with Gasteiger partial charge in [-0.1, -0.05) is 12.1 Å². The molecule has 0 saturated heterocycles. The van der Waals surface area contributed by atoms with E-state index in [1.807, 2.05) is 0 Å². The minimum Gasteiger partial charge on any atom is -0.481 e. The van der Waals surface area contributed by atoms with Crippen molar-refractivity contribution >= 4 is 11.7 Å². The number of furan rings is 1. The Balaban J connectivity index is 1.45. The first-order valence-corrected chi connectivity index (χ1v) is 10.5. The summed E-state index contributed by atoms with van der Waals surface area (Å²) in [5.74, 6) is -0.214. The molecule has 2 N–H and O–H groups in total. The Labute approximate surface area is 187 Å². The Morgan fingerprint density at radius 2 is 2.06 bits per heavy atom. The molecule has 0 saturated carbocycles. The van der Waals surface area contributed by atoms with Crippen molar-refractivity contribution in [2.24, 2.45) is 0 Å². The Bertz CT molecular complexity index is 1360. The molecule has 1 aliphatic carbocycles. The van der Waals surface area contributed by atoms with Gasteiger partial charge in [0, 0.05) is 11.6 Å². The number of rotatable bonds is 6. The minimum atomic E-state index is -0.564. The van der Waals surface area contributed by atoms with Gasteiger partial charge in [-0.05, 0) is 49.9 Å². The lowest BCUT2D eigenvalue weighted by Gasteiger charge is -2.15. The highest BCUT2D eigenvalue weighted by atomic mass is 19.1. The minimum absolute atomic E-state index is 0.0295. The van der Waals surface area contributed by atoms with E-state index in [-0.39, 0.29) is 23.1 Å². The molecule has 1 aliphatic rings. The number of nitrogens with one attached hydrogen (secondary N) is 2. The van der Waals surface area contributed by atoms with Crippen molar-refractivity contribution in [3.8, 4) is 23.2 Å². The second kappa shape index (κ2) is 8.73. The van der Waals surface area contributed by atoms with E-state index >= 15 is 0 Å². The number of hydrogen-bond acceptors (Lipinski definition) is 6. The number of hydrogen-bond donors (Lipinski definition) is 2. The van der Waals surface area contributed by atoms with Crippen LogP contribution >= 0.6 is 0 Å². The molecule has 0 bridgehead atoms. The Morgan fingerprint density at radius 1 is 1.21 bits per heavy atom. The molecule has 33 heavy (non-hydrogen) atoms. The molecular formula is C23H20FN5O4. The third kappa shape index (κ3) is 4.27. The van der Waals surface area contributed by atoms with Gasteiger partial charge < -0.3 is 14.5 Å². The molecule has 3 heterocycles. The first-order chi connectivity index (χ1) is 16.1. The van der Waals surface area contributed by atoms with Gasteiger partial charge in [-0.3, -0.25) is 14.6 Å². The van der Waals surface area contributed by atoms with E-state index in [1.165, 1.54) is 29.1 Å². The van der Waals surface area contributed by atoms with Crippen LogP contribution in [0.3, 0.4) is 0 Å². The standard InChI is InChI=1S/C23H20FN5O4/c24-15-7-2-4-9-18(15)33-13-21(30)26-20-12-17(19-10-5-11-32-19)28-29(20)23-25-16-8-3-1-6-14(16)22(31)27-23/h2,4-5,7,9-12H,1,3,6,8,13H2,(H,26,30)(H,25,27,31). The number of carbonyl (C=O) groups excluding carboxylic acids is 1. The van der Waals surface area contributed by atoms with Crippen molar-refractivity contribution in [3.63, 3.8) is 0 Å². The molecule has 10 heteroatoms. The number of benzene rings is 1. The number of aromatic amines is 1. The molecular weight excluding hydrogens is 429 g/mol. The Morgan fingerprint density at radius 3 is 2.88 bits per heavy atom. The highest BCUT2D eigenvalue weighted by molar-refractivity contribution is 5.91. The van der Waals surface area contributed by atoms with Gasteiger partial charge in [0.25, 0.3) is 11.5 Å². The van der Waals surface area contributed by atoms with Gasteiger partial charge in [-0.15, -0.1) is 0 Å². The van der Waals surface area contributed by atoms with Crippen LogP contribution in [-0.2, 0) is 17.6 Å². The van der Waals surface area contributed by atoms with Gasteiger partial charge in [-0.25, -0.2) is 9.37 Å². The first-order valence-electron chi connectivity index (χ1n) is 10.5. The van der Waals surface area contributed by atoms with E-state index in [9.17, 15) is 14.0 Å². The third-order valence-corrected chi connectivity index (χ3v) is 5.33. The molecule has 3 aromatic heterocycles. The zero-order valence-corrected chi connectivity index (χ0v) is 17.5. The SMILES string of the molecule is O=C(COc1ccccc1F)Nc1cc(-c2ccco2)nn1-c1nc2c(c(=O)[nH]1)CCCC2. The second-order valence-electron chi connectivity index (χ2n) is 7.59. The van der Waals surface area contributed by atoms with Gasteiger partial charge >= 0.3 is 0 Å². The van der Waals surface area contributed by atoms with Crippen LogP contribution in [0, 0.1) is 5.82 Å². The zero-order valence-electron chi connectivity index (χ0n) is 17.5. The molecule has 4 aromatic rings. The van der Waals surface area contributed by atoms with Gasteiger partial charge in [0.1, 0.15) is 11.5 Å². The highest BCUT2D eigenvalue weighted by Gasteiger charge is 2.21. The number of aryl methyl sites for hydroxylation is 1. The van der Waals surface area contributed by atoms with E-state index < -0.39 is 18.3 Å². The van der Waals surface area contributed by atoms with Crippen LogP contribution in [0.4, 0.5) is 10.2 Å². The fourth-order valence-corrected chi connectivity index (χ4v) is 3.75. The van der Waals surface area contributed by atoms with Crippen molar-refractivity contribution in [1.82, 2.24) is 19.7 Å². The summed E-state index contributed by atoms with van der Waals surface area (Å²) in [7, 11) is 0. The number of H-pyrrole nitrogens is 1. The van der Waals surface area contributed by atoms with Gasteiger partial charge in [0.15, 0.2) is 23.9 Å². The summed E-state index contributed by atoms with van der Waals surface area (Å²) in [6.07, 6.45) is 4.80. The lowest BCUT2D eigenvalue weighted by atomic mass is 9.97. The number of para-hydroxylation sites is 1. The predicted octanol–water partition coefficient (Wildman–Crippen LogP) is 3.25. The van der Waals surface area contributed by atoms with Crippen molar-refractivity contribution in [2.45, 2.75) is 25.7 Å². The first kappa shape index (κ1) is 20.7. The van der Waals surface area contributed by atoms with Crippen molar-refractivity contribution in [1.29, 1.82) is 0 Å². The topological polar surface area (TPSA) is 115 Å². The smallest absolute Gasteiger partial charge is 0.263 e. The summed E-state index contributed by atoms with van der Waals surface area (Å²) in [4.78, 5) is 32.5. The molecule has 1 aromatic carbocycles. The molecule has 5 rings (SSSR count). The van der Waals surface area contributed by atoms with E-state index in [4.69, 9.17) is 9.15 Å². The van der Waals surface area contributed by atoms with Crippen LogP contribution in [-0.4, -0.2) is 32.3 Å². The van der Waals surface area contributed by atoms with Crippen molar-refractivity contribution in [3.05, 3.63) is 76.2 Å². The van der Waals surface area contributed by atoms with Crippen LogP contribution in [0.15, 0.2) is 57.9 Å². The summed E-state index contributed by atoms with van der Waals surface area (Å²) >= 11 is 0. The van der Waals surface area contributed by atoms with E-state index in [2.05, 4.69) is 20.4 Å². The maximum Gasteiger partial charge on any atom is 0.263 e. The van der Waals surface area contributed by atoms with E-state index in [1.54, 1.807) is 24.3 Å². The number of anilines is 1. The van der Waals surface area contributed by atoms with E-state index in [0.717, 1.165) is 18.5 Å². The number of amides is 1. The van der Waals surface area contributed by atoms with Crippen molar-refractivity contribution < 1.29 is 18.3 Å². The zero-order chi connectivity index (χ0) is 22.8. The van der Waals surface area contributed by atoms with Gasteiger partial charge in [0.2, 0.25) is 5.95 Å². The molecule has 0 fully saturated rings. The number of halogens is 1. The third-order valence-electron chi connectivity index (χ3n) is 5.33. The number of carbonyl (C=O) groups is 1. The maximum absolute atomic E-state index is 13.8. The molecule has 168 valence electrons. The Hall–Kier alpha value is -4.21. The molecule has 0 spiro atoms. The van der Waals surface area contributed by atoms with Crippen LogP contribution < -0.4 is 15.6 Å². The maximum atomic E-state index is 13.8. The number of aromatic nitrogens is 4. The molecule has 0 radical (unpaired) electrons. The average molecular weight is 449 g/mol. The quantitative estimate of drug-likeness (QED) is 0.467.